The molecule has 1 N–H and O–H groups in total. The number of nitrogens with one attached hydrogen (secondary N) is 1. The molecule has 4 rings (SSSR count). The fourth-order valence-electron chi connectivity index (χ4n) is 3.41. The van der Waals surface area contributed by atoms with Gasteiger partial charge in [-0.05, 0) is 49.1 Å². The van der Waals surface area contributed by atoms with Crippen molar-refractivity contribution >= 4 is 51.6 Å². The van der Waals surface area contributed by atoms with Crippen LogP contribution in [0.3, 0.4) is 0 Å². The fourth-order valence-corrected chi connectivity index (χ4v) is 4.33. The number of amides is 1. The van der Waals surface area contributed by atoms with Crippen LogP contribution < -0.4 is 10.9 Å². The molecular weight excluding hydrogens is 446 g/mol. The van der Waals surface area contributed by atoms with Crippen molar-refractivity contribution in [2.75, 3.05) is 11.1 Å². The van der Waals surface area contributed by atoms with Gasteiger partial charge in [0.1, 0.15) is 0 Å². The lowest BCUT2D eigenvalue weighted by molar-refractivity contribution is -0.113. The summed E-state index contributed by atoms with van der Waals surface area (Å²) >= 11 is 7.42. The molecule has 0 aliphatic heterocycles. The van der Waals surface area contributed by atoms with Gasteiger partial charge in [0.2, 0.25) is 11.7 Å². The Kier molecular flexibility index (Phi) is 6.53. The number of halogens is 1. The highest BCUT2D eigenvalue weighted by Gasteiger charge is 2.18. The van der Waals surface area contributed by atoms with E-state index < -0.39 is 0 Å². The number of anilines is 1. The van der Waals surface area contributed by atoms with Gasteiger partial charge in [-0.2, -0.15) is 0 Å². The molecule has 2 aromatic carbocycles. The van der Waals surface area contributed by atoms with E-state index in [1.165, 1.54) is 11.8 Å². The third-order valence-electron chi connectivity index (χ3n) is 5.20. The first-order valence-corrected chi connectivity index (χ1v) is 11.8. The van der Waals surface area contributed by atoms with E-state index in [9.17, 15) is 9.59 Å². The second kappa shape index (κ2) is 9.34. The highest BCUT2D eigenvalue weighted by Crippen LogP contribution is 2.23. The minimum atomic E-state index is -0.177. The van der Waals surface area contributed by atoms with Crippen LogP contribution in [-0.4, -0.2) is 30.8 Å². The minimum absolute atomic E-state index is 0.0771. The highest BCUT2D eigenvalue weighted by molar-refractivity contribution is 7.99. The van der Waals surface area contributed by atoms with Crippen LogP contribution in [0.15, 0.2) is 52.4 Å². The summed E-state index contributed by atoms with van der Waals surface area (Å²) in [5.41, 5.74) is 2.24. The van der Waals surface area contributed by atoms with Gasteiger partial charge >= 0.3 is 0 Å². The fraction of sp³-hybridized carbons (Fsp3) is 0.304. The predicted octanol–water partition coefficient (Wildman–Crippen LogP) is 4.78. The third kappa shape index (κ3) is 4.52. The summed E-state index contributed by atoms with van der Waals surface area (Å²) in [4.78, 5) is 25.6. The lowest BCUT2D eigenvalue weighted by Crippen LogP contribution is -2.24. The second-order valence-corrected chi connectivity index (χ2v) is 9.42. The Balaban J connectivity index is 1.64. The maximum absolute atomic E-state index is 13.1. The van der Waals surface area contributed by atoms with Gasteiger partial charge < -0.3 is 5.32 Å². The second-order valence-electron chi connectivity index (χ2n) is 8.08. The van der Waals surface area contributed by atoms with E-state index in [1.54, 1.807) is 10.6 Å². The summed E-state index contributed by atoms with van der Waals surface area (Å²) in [5, 5.41) is 13.2. The largest absolute Gasteiger partial charge is 0.325 e. The Morgan fingerprint density at radius 1 is 1.19 bits per heavy atom. The van der Waals surface area contributed by atoms with Crippen molar-refractivity contribution in [3.63, 3.8) is 0 Å². The first-order chi connectivity index (χ1) is 15.3. The molecule has 9 heteroatoms. The Morgan fingerprint density at radius 3 is 2.72 bits per heavy atom. The summed E-state index contributed by atoms with van der Waals surface area (Å²) in [5.74, 6) is 0.905. The Hall–Kier alpha value is -2.84. The van der Waals surface area contributed by atoms with Crippen molar-refractivity contribution in [2.24, 2.45) is 5.92 Å². The van der Waals surface area contributed by atoms with Crippen molar-refractivity contribution in [1.29, 1.82) is 0 Å². The van der Waals surface area contributed by atoms with Crippen molar-refractivity contribution in [3.8, 4) is 0 Å². The lowest BCUT2D eigenvalue weighted by Gasteiger charge is -2.12. The Morgan fingerprint density at radius 2 is 1.97 bits per heavy atom. The summed E-state index contributed by atoms with van der Waals surface area (Å²) in [6.07, 6.45) is 0.852. The normalized spacial score (nSPS) is 11.5. The van der Waals surface area contributed by atoms with Gasteiger partial charge in [-0.25, -0.2) is 0 Å². The molecule has 0 saturated heterocycles. The molecule has 0 aliphatic carbocycles. The molecule has 1 amide bonds. The standard InChI is InChI=1S/C23H24ClN5O2S/c1-14(2)10-11-28-21(31)17-6-4-5-7-19(17)29-22(28)26-27-23(29)32-13-20(30)25-16-9-8-15(3)18(24)12-16/h4-9,12,14H,10-11,13H2,1-3H3,(H,25,30). The number of hydrogen-bond donors (Lipinski definition) is 1. The molecule has 4 aromatic rings. The van der Waals surface area contributed by atoms with Crippen molar-refractivity contribution in [2.45, 2.75) is 38.9 Å². The average molecular weight is 470 g/mol. The van der Waals surface area contributed by atoms with E-state index in [4.69, 9.17) is 11.6 Å². The van der Waals surface area contributed by atoms with E-state index in [-0.39, 0.29) is 17.2 Å². The number of hydrogen-bond acceptors (Lipinski definition) is 5. The van der Waals surface area contributed by atoms with Gasteiger partial charge in [-0.15, -0.1) is 10.2 Å². The molecule has 0 fully saturated rings. The maximum Gasteiger partial charge on any atom is 0.262 e. The number of carbonyl (C=O) groups is 1. The first-order valence-electron chi connectivity index (χ1n) is 10.4. The topological polar surface area (TPSA) is 81.3 Å². The number of nitrogens with zero attached hydrogens (tertiary/aromatic N) is 4. The smallest absolute Gasteiger partial charge is 0.262 e. The number of aryl methyl sites for hydroxylation is 2. The van der Waals surface area contributed by atoms with Crippen LogP contribution in [0.1, 0.15) is 25.8 Å². The zero-order valence-corrected chi connectivity index (χ0v) is 19.7. The Labute approximate surface area is 194 Å². The van der Waals surface area contributed by atoms with Gasteiger partial charge in [0, 0.05) is 17.3 Å². The molecular formula is C23H24ClN5O2S. The zero-order chi connectivity index (χ0) is 22.8. The van der Waals surface area contributed by atoms with Gasteiger partial charge in [0.15, 0.2) is 5.16 Å². The van der Waals surface area contributed by atoms with Gasteiger partial charge in [-0.3, -0.25) is 18.6 Å². The van der Waals surface area contributed by atoms with Crippen LogP contribution in [0.2, 0.25) is 5.02 Å². The third-order valence-corrected chi connectivity index (χ3v) is 6.53. The number of rotatable bonds is 7. The summed E-state index contributed by atoms with van der Waals surface area (Å²) in [6, 6.07) is 12.8. The highest BCUT2D eigenvalue weighted by atomic mass is 35.5. The van der Waals surface area contributed by atoms with Crippen molar-refractivity contribution < 1.29 is 4.79 Å². The first kappa shape index (κ1) is 22.4. The van der Waals surface area contributed by atoms with Crippen LogP contribution in [0, 0.1) is 12.8 Å². The van der Waals surface area contributed by atoms with Crippen LogP contribution >= 0.6 is 23.4 Å². The zero-order valence-electron chi connectivity index (χ0n) is 18.1. The molecule has 0 aliphatic rings. The molecule has 2 heterocycles. The molecule has 0 unspecified atom stereocenters. The molecule has 0 bridgehead atoms. The molecule has 2 aromatic heterocycles. The van der Waals surface area contributed by atoms with Crippen molar-refractivity contribution in [3.05, 3.63) is 63.4 Å². The molecule has 32 heavy (non-hydrogen) atoms. The molecule has 7 nitrogen and oxygen atoms in total. The van der Waals surface area contributed by atoms with Crippen molar-refractivity contribution in [1.82, 2.24) is 19.2 Å². The molecule has 0 radical (unpaired) electrons. The minimum Gasteiger partial charge on any atom is -0.325 e. The summed E-state index contributed by atoms with van der Waals surface area (Å²) < 4.78 is 3.53. The maximum atomic E-state index is 13.1. The molecule has 0 saturated carbocycles. The average Bonchev–Trinajstić information content (AvgIpc) is 3.18. The summed E-state index contributed by atoms with van der Waals surface area (Å²) in [6.45, 7) is 6.70. The lowest BCUT2D eigenvalue weighted by atomic mass is 10.1. The monoisotopic (exact) mass is 469 g/mol. The van der Waals surface area contributed by atoms with Crippen LogP contribution in [0.5, 0.6) is 0 Å². The van der Waals surface area contributed by atoms with E-state index in [0.717, 1.165) is 17.5 Å². The van der Waals surface area contributed by atoms with Crippen LogP contribution in [0.4, 0.5) is 5.69 Å². The number of aromatic nitrogens is 4. The molecule has 0 spiro atoms. The number of thioether (sulfide) groups is 1. The molecule has 0 atom stereocenters. The summed E-state index contributed by atoms with van der Waals surface area (Å²) in [7, 11) is 0. The molecule has 166 valence electrons. The number of benzene rings is 2. The predicted molar refractivity (Wildman–Crippen MR) is 130 cm³/mol. The quantitative estimate of drug-likeness (QED) is 0.394. The van der Waals surface area contributed by atoms with Gasteiger partial charge in [-0.1, -0.05) is 55.4 Å². The van der Waals surface area contributed by atoms with Gasteiger partial charge in [0.05, 0.1) is 16.7 Å². The van der Waals surface area contributed by atoms with E-state index in [0.29, 0.717) is 39.5 Å². The Bertz CT molecular complexity index is 1360. The van der Waals surface area contributed by atoms with Gasteiger partial charge in [0.25, 0.3) is 5.56 Å². The van der Waals surface area contributed by atoms with E-state index >= 15 is 0 Å². The number of carbonyl (C=O) groups excluding carboxylic acids is 1. The number of para-hydroxylation sites is 1. The van der Waals surface area contributed by atoms with E-state index in [1.807, 2.05) is 47.7 Å². The van der Waals surface area contributed by atoms with E-state index in [2.05, 4.69) is 29.4 Å². The number of fused-ring (bicyclic) bond motifs is 3. The van der Waals surface area contributed by atoms with Crippen LogP contribution in [-0.2, 0) is 11.3 Å². The van der Waals surface area contributed by atoms with Crippen LogP contribution in [0.25, 0.3) is 16.7 Å². The SMILES string of the molecule is Cc1ccc(NC(=O)CSc2nnc3n(CCC(C)C)c(=O)c4ccccc4n23)cc1Cl.